The van der Waals surface area contributed by atoms with Gasteiger partial charge in [0.25, 0.3) is 0 Å². The molecule has 2 heteroatoms. The number of fused-ring (bicyclic) bond motifs is 1. The summed E-state index contributed by atoms with van der Waals surface area (Å²) in [6.07, 6.45) is 3.07. The summed E-state index contributed by atoms with van der Waals surface area (Å²) in [6.45, 7) is 6.53. The summed E-state index contributed by atoms with van der Waals surface area (Å²) in [5, 5.41) is 4.71. The van der Waals surface area contributed by atoms with Gasteiger partial charge >= 0.3 is 0 Å². The van der Waals surface area contributed by atoms with Gasteiger partial charge in [-0.05, 0) is 36.2 Å². The minimum atomic E-state index is 0.747. The second-order valence-electron chi connectivity index (χ2n) is 4.67. The Bertz CT molecular complexity index is 479. The summed E-state index contributed by atoms with van der Waals surface area (Å²) in [7, 11) is 0. The number of nitrogens with zero attached hydrogens (tertiary/aromatic N) is 1. The zero-order chi connectivity index (χ0) is 12.1. The Morgan fingerprint density at radius 2 is 2.18 bits per heavy atom. The highest BCUT2D eigenvalue weighted by Gasteiger charge is 1.99. The van der Waals surface area contributed by atoms with E-state index in [-0.39, 0.29) is 0 Å². The van der Waals surface area contributed by atoms with Crippen molar-refractivity contribution in [3.8, 4) is 0 Å². The Labute approximate surface area is 103 Å². The lowest BCUT2D eigenvalue weighted by Crippen LogP contribution is -2.20. The average Bonchev–Trinajstić information content (AvgIpc) is 2.38. The van der Waals surface area contributed by atoms with Crippen molar-refractivity contribution in [1.29, 1.82) is 0 Å². The molecule has 90 valence electrons. The molecule has 2 rings (SSSR count). The van der Waals surface area contributed by atoms with Crippen LogP contribution in [0.2, 0.25) is 0 Å². The summed E-state index contributed by atoms with van der Waals surface area (Å²) in [6, 6.07) is 10.6. The molecule has 1 heterocycles. The number of hydrogen-bond acceptors (Lipinski definition) is 2. The van der Waals surface area contributed by atoms with Gasteiger partial charge in [0.15, 0.2) is 0 Å². The number of rotatable bonds is 5. The van der Waals surface area contributed by atoms with Gasteiger partial charge in [0.05, 0.1) is 5.52 Å². The van der Waals surface area contributed by atoms with Gasteiger partial charge in [-0.1, -0.05) is 32.4 Å². The Balaban J connectivity index is 1.99. The first-order valence-corrected chi connectivity index (χ1v) is 6.34. The van der Waals surface area contributed by atoms with E-state index in [2.05, 4.69) is 48.4 Å². The Morgan fingerprint density at radius 1 is 1.29 bits per heavy atom. The van der Waals surface area contributed by atoms with Crippen LogP contribution in [0.4, 0.5) is 0 Å². The zero-order valence-electron chi connectivity index (χ0n) is 10.6. The van der Waals surface area contributed by atoms with Crippen molar-refractivity contribution in [2.75, 3.05) is 6.54 Å². The SMILES string of the molecule is CCC(C)CNCc1ccc2ncccc2c1. The number of nitrogens with one attached hydrogen (secondary N) is 1. The van der Waals surface area contributed by atoms with E-state index in [0.29, 0.717) is 0 Å². The van der Waals surface area contributed by atoms with Crippen LogP contribution in [0.25, 0.3) is 10.9 Å². The fraction of sp³-hybridized carbons (Fsp3) is 0.400. The molecule has 17 heavy (non-hydrogen) atoms. The first-order chi connectivity index (χ1) is 8.29. The predicted octanol–water partition coefficient (Wildman–Crippen LogP) is 3.37. The van der Waals surface area contributed by atoms with E-state index in [1.807, 2.05) is 12.3 Å². The van der Waals surface area contributed by atoms with Gasteiger partial charge < -0.3 is 5.32 Å². The third-order valence-corrected chi connectivity index (χ3v) is 3.19. The van der Waals surface area contributed by atoms with Crippen molar-refractivity contribution in [2.45, 2.75) is 26.8 Å². The topological polar surface area (TPSA) is 24.9 Å². The molecule has 1 aromatic carbocycles. The van der Waals surface area contributed by atoms with Gasteiger partial charge in [0.2, 0.25) is 0 Å². The maximum absolute atomic E-state index is 4.32. The minimum absolute atomic E-state index is 0.747. The number of benzene rings is 1. The summed E-state index contributed by atoms with van der Waals surface area (Å²) < 4.78 is 0. The third-order valence-electron chi connectivity index (χ3n) is 3.19. The molecule has 0 aliphatic rings. The fourth-order valence-electron chi connectivity index (χ4n) is 1.84. The lowest BCUT2D eigenvalue weighted by molar-refractivity contribution is 0.500. The van der Waals surface area contributed by atoms with E-state index in [9.17, 15) is 0 Å². The van der Waals surface area contributed by atoms with Gasteiger partial charge in [0.1, 0.15) is 0 Å². The molecule has 1 aromatic heterocycles. The van der Waals surface area contributed by atoms with Crippen LogP contribution in [-0.2, 0) is 6.54 Å². The smallest absolute Gasteiger partial charge is 0.0702 e. The van der Waals surface area contributed by atoms with Crippen LogP contribution in [-0.4, -0.2) is 11.5 Å². The van der Waals surface area contributed by atoms with E-state index in [4.69, 9.17) is 0 Å². The number of pyridine rings is 1. The molecule has 1 N–H and O–H groups in total. The van der Waals surface area contributed by atoms with Crippen molar-refractivity contribution in [2.24, 2.45) is 5.92 Å². The normalized spacial score (nSPS) is 12.8. The second-order valence-corrected chi connectivity index (χ2v) is 4.67. The third kappa shape index (κ3) is 3.27. The van der Waals surface area contributed by atoms with Crippen LogP contribution >= 0.6 is 0 Å². The quantitative estimate of drug-likeness (QED) is 0.848. The molecular formula is C15H20N2. The average molecular weight is 228 g/mol. The highest BCUT2D eigenvalue weighted by atomic mass is 14.9. The predicted molar refractivity (Wildman–Crippen MR) is 72.9 cm³/mol. The standard InChI is InChI=1S/C15H20N2/c1-3-12(2)10-16-11-13-6-7-15-14(9-13)5-4-8-17-15/h4-9,12,16H,3,10-11H2,1-2H3. The lowest BCUT2D eigenvalue weighted by Gasteiger charge is -2.10. The van der Waals surface area contributed by atoms with E-state index >= 15 is 0 Å². The van der Waals surface area contributed by atoms with E-state index in [0.717, 1.165) is 24.5 Å². The molecule has 2 aromatic rings. The molecular weight excluding hydrogens is 208 g/mol. The highest BCUT2D eigenvalue weighted by Crippen LogP contribution is 2.13. The maximum Gasteiger partial charge on any atom is 0.0702 e. The van der Waals surface area contributed by atoms with Crippen LogP contribution in [0.15, 0.2) is 36.5 Å². The molecule has 2 nitrogen and oxygen atoms in total. The second kappa shape index (κ2) is 5.78. The first-order valence-electron chi connectivity index (χ1n) is 6.34. The van der Waals surface area contributed by atoms with Gasteiger partial charge in [0, 0.05) is 18.1 Å². The van der Waals surface area contributed by atoms with Gasteiger partial charge in [-0.2, -0.15) is 0 Å². The molecule has 0 spiro atoms. The summed E-state index contributed by atoms with van der Waals surface area (Å²) in [5.41, 5.74) is 2.40. The van der Waals surface area contributed by atoms with Gasteiger partial charge in [-0.3, -0.25) is 4.98 Å². The summed E-state index contributed by atoms with van der Waals surface area (Å²) >= 11 is 0. The van der Waals surface area contributed by atoms with E-state index in [1.165, 1.54) is 17.4 Å². The molecule has 0 aliphatic heterocycles. The molecule has 0 saturated heterocycles. The van der Waals surface area contributed by atoms with Crippen molar-refractivity contribution in [3.05, 3.63) is 42.1 Å². The molecule has 0 aliphatic carbocycles. The molecule has 0 bridgehead atoms. The van der Waals surface area contributed by atoms with E-state index < -0.39 is 0 Å². The van der Waals surface area contributed by atoms with Crippen molar-refractivity contribution >= 4 is 10.9 Å². The monoisotopic (exact) mass is 228 g/mol. The zero-order valence-corrected chi connectivity index (χ0v) is 10.6. The van der Waals surface area contributed by atoms with E-state index in [1.54, 1.807) is 0 Å². The summed E-state index contributed by atoms with van der Waals surface area (Å²) in [4.78, 5) is 4.32. The van der Waals surface area contributed by atoms with Crippen molar-refractivity contribution in [1.82, 2.24) is 10.3 Å². The molecule has 1 atom stereocenters. The Hall–Kier alpha value is -1.41. The summed E-state index contributed by atoms with van der Waals surface area (Å²) in [5.74, 6) is 0.747. The van der Waals surface area contributed by atoms with Crippen LogP contribution in [0.1, 0.15) is 25.8 Å². The molecule has 0 saturated carbocycles. The molecule has 0 radical (unpaired) electrons. The van der Waals surface area contributed by atoms with Crippen molar-refractivity contribution in [3.63, 3.8) is 0 Å². The Morgan fingerprint density at radius 3 is 3.00 bits per heavy atom. The number of aromatic nitrogens is 1. The largest absolute Gasteiger partial charge is 0.312 e. The maximum atomic E-state index is 4.32. The van der Waals surface area contributed by atoms with Crippen LogP contribution < -0.4 is 5.32 Å². The molecule has 0 amide bonds. The van der Waals surface area contributed by atoms with Crippen LogP contribution in [0, 0.1) is 5.92 Å². The first kappa shape index (κ1) is 12.1. The minimum Gasteiger partial charge on any atom is -0.312 e. The van der Waals surface area contributed by atoms with Crippen LogP contribution in [0.3, 0.4) is 0 Å². The number of hydrogen-bond donors (Lipinski definition) is 1. The highest BCUT2D eigenvalue weighted by molar-refractivity contribution is 5.78. The van der Waals surface area contributed by atoms with Gasteiger partial charge in [-0.15, -0.1) is 0 Å². The Kier molecular flexibility index (Phi) is 4.10. The lowest BCUT2D eigenvalue weighted by atomic mass is 10.1. The van der Waals surface area contributed by atoms with Gasteiger partial charge in [-0.25, -0.2) is 0 Å². The molecule has 1 unspecified atom stereocenters. The van der Waals surface area contributed by atoms with Crippen molar-refractivity contribution < 1.29 is 0 Å². The molecule has 0 fully saturated rings. The van der Waals surface area contributed by atoms with Crippen LogP contribution in [0.5, 0.6) is 0 Å². The fourth-order valence-corrected chi connectivity index (χ4v) is 1.84.